The molecule has 0 amide bonds. The van der Waals surface area contributed by atoms with Gasteiger partial charge in [0, 0.05) is 43.1 Å². The molecule has 14 rings (SSSR count). The largest absolute Gasteiger partial charge is 0.207 e. The molecule has 14 aromatic rings. The van der Waals surface area contributed by atoms with Crippen LogP contribution in [0.4, 0.5) is 43.9 Å². The maximum absolute atomic E-state index is 13.6. The lowest BCUT2D eigenvalue weighted by molar-refractivity contribution is 0.568. The minimum absolute atomic E-state index is 0.0846. The summed E-state index contributed by atoms with van der Waals surface area (Å²) in [5.74, 6) is -4.68. The zero-order chi connectivity index (χ0) is 70.3. The van der Waals surface area contributed by atoms with E-state index in [1.807, 2.05) is 63.2 Å². The van der Waals surface area contributed by atoms with Gasteiger partial charge in [0.15, 0.2) is 0 Å². The Morgan fingerprint density at radius 2 is 0.573 bits per heavy atom. The molecule has 0 bridgehead atoms. The summed E-state index contributed by atoms with van der Waals surface area (Å²) in [6.07, 6.45) is 0. The molecule has 14 aromatic carbocycles. The van der Waals surface area contributed by atoms with Gasteiger partial charge in [-0.05, 0) is 234 Å². The number of hydrogen-bond acceptors (Lipinski definition) is 0. The van der Waals surface area contributed by atoms with E-state index >= 15 is 0 Å². The molecule has 0 fully saturated rings. The highest BCUT2D eigenvalue weighted by Gasteiger charge is 2.15. The molecular weight excluding hydrogens is 1270 g/mol. The second kappa shape index (κ2) is 31.1. The summed E-state index contributed by atoms with van der Waals surface area (Å²) in [5.41, 5.74) is 10.9. The molecule has 0 aromatic heterocycles. The Hall–Kier alpha value is -9.22. The molecule has 0 aliphatic carbocycles. The average molecular weight is 1340 g/mol. The van der Waals surface area contributed by atoms with Crippen molar-refractivity contribution in [3.05, 3.63) is 328 Å². The Morgan fingerprint density at radius 3 is 1.17 bits per heavy atom. The average Bonchev–Trinajstić information content (AvgIpc) is 0.797. The van der Waals surface area contributed by atoms with Crippen LogP contribution in [0.3, 0.4) is 0 Å². The number of halogens is 12. The molecule has 0 aliphatic heterocycles. The van der Waals surface area contributed by atoms with Crippen LogP contribution in [-0.4, -0.2) is 0 Å². The topological polar surface area (TPSA) is 0 Å². The van der Waals surface area contributed by atoms with Gasteiger partial charge in [-0.3, -0.25) is 0 Å². The van der Waals surface area contributed by atoms with Crippen molar-refractivity contribution in [2.75, 3.05) is 0 Å². The van der Waals surface area contributed by atoms with Crippen LogP contribution < -0.4 is 0 Å². The van der Waals surface area contributed by atoms with Crippen LogP contribution in [-0.2, 0) is 0 Å². The fourth-order valence-corrected chi connectivity index (χ4v) is 11.6. The molecule has 12 heteroatoms. The first-order chi connectivity index (χ1) is 45.3. The maximum atomic E-state index is 13.6. The van der Waals surface area contributed by atoms with Gasteiger partial charge in [0.05, 0.1) is 15.8 Å². The fraction of sp³-hybridized carbons (Fsp3) is 0.167. The van der Waals surface area contributed by atoms with Crippen molar-refractivity contribution >= 4 is 98.6 Å². The standard InChI is InChI=1S/2C12H11Cl.C12H9F3.3C12H10F2.C12H11F/c1-8-3-6-11-10(7-8)5-4-9(2)12(11)13;1-8-3-4-10-5-9(2)7-12(13)11(10)6-8;1-6-3-8-5-9(13)7(2)12(15)11(8)10(14)4-6;1-7-3-9-6-11(13)8(2)5-10(9)12(14)4-7;1-7-5-9-4-3-8(2)12(14)11(9)10(13)6-7;1-7-3-4-10-9(5-7)6-11(13)8(2)12(10)14;1-8-3-6-11-10(7-8)5-4-9(2)12(11)13/h2*3-7H,1-2H3;3-5H,1-2H3;3*3-6H,1-2H3;3-7H,1-2H3. The van der Waals surface area contributed by atoms with E-state index in [0.717, 1.165) is 60.1 Å². The molecule has 0 spiro atoms. The third-order valence-electron chi connectivity index (χ3n) is 16.3. The van der Waals surface area contributed by atoms with Crippen LogP contribution in [0, 0.1) is 155 Å². The smallest absolute Gasteiger partial charge is 0.139 e. The Morgan fingerprint density at radius 1 is 0.208 bits per heavy atom. The third kappa shape index (κ3) is 17.2. The van der Waals surface area contributed by atoms with E-state index in [9.17, 15) is 43.9 Å². The van der Waals surface area contributed by atoms with Crippen LogP contribution in [0.15, 0.2) is 182 Å². The molecule has 492 valence electrons. The molecule has 0 unspecified atom stereocenters. The highest BCUT2D eigenvalue weighted by Crippen LogP contribution is 2.32. The van der Waals surface area contributed by atoms with Gasteiger partial charge in [-0.2, -0.15) is 0 Å². The second-order valence-electron chi connectivity index (χ2n) is 24.6. The van der Waals surface area contributed by atoms with E-state index in [2.05, 4.69) is 75.4 Å². The van der Waals surface area contributed by atoms with Gasteiger partial charge in [0.1, 0.15) is 58.2 Å². The van der Waals surface area contributed by atoms with Crippen molar-refractivity contribution in [3.8, 4) is 0 Å². The molecule has 0 radical (unpaired) electrons. The van der Waals surface area contributed by atoms with E-state index in [1.165, 1.54) is 71.6 Å². The van der Waals surface area contributed by atoms with Crippen molar-refractivity contribution in [3.63, 3.8) is 0 Å². The van der Waals surface area contributed by atoms with E-state index in [4.69, 9.17) is 23.2 Å². The lowest BCUT2D eigenvalue weighted by Gasteiger charge is -2.06. The number of hydrogen-bond donors (Lipinski definition) is 0. The first kappa shape index (κ1) is 72.6. The highest BCUT2D eigenvalue weighted by atomic mass is 35.5. The van der Waals surface area contributed by atoms with Crippen molar-refractivity contribution in [2.45, 2.75) is 96.9 Å². The molecule has 0 saturated carbocycles. The van der Waals surface area contributed by atoms with E-state index < -0.39 is 40.7 Å². The molecule has 0 nitrogen and oxygen atoms in total. The molecule has 0 heterocycles. The predicted octanol–water partition coefficient (Wildman–Crippen LogP) is 26.9. The summed E-state index contributed by atoms with van der Waals surface area (Å²) in [4.78, 5) is 0. The second-order valence-corrected chi connectivity index (χ2v) is 25.4. The zero-order valence-corrected chi connectivity index (χ0v) is 57.4. The molecule has 0 atom stereocenters. The van der Waals surface area contributed by atoms with Crippen molar-refractivity contribution < 1.29 is 43.9 Å². The van der Waals surface area contributed by atoms with Gasteiger partial charge >= 0.3 is 0 Å². The minimum Gasteiger partial charge on any atom is -0.207 e. The van der Waals surface area contributed by atoms with Crippen LogP contribution in [0.1, 0.15) is 77.9 Å². The first-order valence-electron chi connectivity index (χ1n) is 30.9. The number of benzene rings is 14. The zero-order valence-electron chi connectivity index (χ0n) is 55.9. The number of fused-ring (bicyclic) bond motifs is 7. The maximum Gasteiger partial charge on any atom is 0.139 e. The highest BCUT2D eigenvalue weighted by molar-refractivity contribution is 6.36. The van der Waals surface area contributed by atoms with Gasteiger partial charge in [-0.15, -0.1) is 0 Å². The first-order valence-corrected chi connectivity index (χ1v) is 31.6. The lowest BCUT2D eigenvalue weighted by atomic mass is 10.0. The van der Waals surface area contributed by atoms with Crippen LogP contribution in [0.2, 0.25) is 10.0 Å². The van der Waals surface area contributed by atoms with E-state index in [-0.39, 0.29) is 44.7 Å². The van der Waals surface area contributed by atoms with Gasteiger partial charge in [0.2, 0.25) is 0 Å². The number of rotatable bonds is 0. The summed E-state index contributed by atoms with van der Waals surface area (Å²) < 4.78 is 134. The van der Waals surface area contributed by atoms with Gasteiger partial charge < -0.3 is 0 Å². The van der Waals surface area contributed by atoms with Gasteiger partial charge in [0.25, 0.3) is 0 Å². The molecule has 96 heavy (non-hydrogen) atoms. The predicted molar refractivity (Wildman–Crippen MR) is 384 cm³/mol. The molecular formula is C84H72Cl2F10. The van der Waals surface area contributed by atoms with E-state index in [1.54, 1.807) is 90.1 Å². The normalized spacial score (nSPS) is 10.8. The summed E-state index contributed by atoms with van der Waals surface area (Å²) in [6.45, 7) is 25.2. The van der Waals surface area contributed by atoms with Crippen LogP contribution in [0.25, 0.3) is 75.4 Å². The van der Waals surface area contributed by atoms with Crippen molar-refractivity contribution in [1.29, 1.82) is 0 Å². The molecule has 0 aliphatic rings. The summed E-state index contributed by atoms with van der Waals surface area (Å²) >= 11 is 12.3. The Labute approximate surface area is 564 Å². The monoisotopic (exact) mass is 1340 g/mol. The molecule has 0 saturated heterocycles. The Balaban J connectivity index is 0.000000143. The van der Waals surface area contributed by atoms with Crippen molar-refractivity contribution in [1.82, 2.24) is 0 Å². The Bertz CT molecular complexity index is 5130. The summed E-state index contributed by atoms with van der Waals surface area (Å²) in [7, 11) is 0. The quantitative estimate of drug-likeness (QED) is 0.133. The van der Waals surface area contributed by atoms with Gasteiger partial charge in [-0.1, -0.05) is 173 Å². The minimum atomic E-state index is -0.817. The summed E-state index contributed by atoms with van der Waals surface area (Å²) in [5, 5.41) is 11.2. The number of aryl methyl sites for hydroxylation is 12. The fourth-order valence-electron chi connectivity index (χ4n) is 11.0. The third-order valence-corrected chi connectivity index (χ3v) is 17.2. The summed E-state index contributed by atoms with van der Waals surface area (Å²) in [6, 6.07) is 53.9. The molecule has 0 N–H and O–H groups in total. The van der Waals surface area contributed by atoms with Gasteiger partial charge in [-0.25, -0.2) is 43.9 Å². The van der Waals surface area contributed by atoms with E-state index in [0.29, 0.717) is 54.6 Å². The van der Waals surface area contributed by atoms with Crippen molar-refractivity contribution in [2.24, 2.45) is 0 Å². The lowest BCUT2D eigenvalue weighted by Crippen LogP contribution is -1.94. The SMILES string of the molecule is Cc1cc(Cl)c2cc(C)ccc2c1.Cc1cc(F)c2c(F)c(C)c(F)cc2c1.Cc1cc(F)c2c(F)c(C)ccc2c1.Cc1cc(F)c2cc(C)c(F)cc2c1.Cc1ccc2c(Cl)c(C)ccc2c1.Cc1ccc2c(F)c(C)c(F)cc2c1.Cc1ccc2c(F)c(C)ccc2c1. The van der Waals surface area contributed by atoms with Crippen LogP contribution in [0.5, 0.6) is 0 Å². The van der Waals surface area contributed by atoms with Crippen LogP contribution >= 0.6 is 23.2 Å². The Kier molecular flexibility index (Phi) is 23.5.